The maximum absolute atomic E-state index is 12.0. The molecule has 1 aromatic carbocycles. The highest BCUT2D eigenvalue weighted by Crippen LogP contribution is 2.23. The van der Waals surface area contributed by atoms with Crippen LogP contribution < -0.4 is 16.2 Å². The number of H-pyrrole nitrogens is 1. The Bertz CT molecular complexity index is 694. The van der Waals surface area contributed by atoms with Crippen molar-refractivity contribution in [2.24, 2.45) is 0 Å². The van der Waals surface area contributed by atoms with Gasteiger partial charge < -0.3 is 15.6 Å². The first kappa shape index (κ1) is 15.8. The number of pyridine rings is 1. The van der Waals surface area contributed by atoms with Gasteiger partial charge in [0.1, 0.15) is 5.69 Å². The third-order valence-electron chi connectivity index (χ3n) is 3.50. The van der Waals surface area contributed by atoms with Crippen molar-refractivity contribution < 1.29 is 4.79 Å². The molecule has 0 fully saturated rings. The molecule has 2 rings (SSSR count). The van der Waals surface area contributed by atoms with Crippen molar-refractivity contribution in [2.45, 2.75) is 32.6 Å². The van der Waals surface area contributed by atoms with Gasteiger partial charge in [-0.1, -0.05) is 32.4 Å². The molecule has 0 radical (unpaired) electrons. The van der Waals surface area contributed by atoms with Crippen LogP contribution in [0.15, 0.2) is 47.4 Å². The van der Waals surface area contributed by atoms with Crippen LogP contribution in [0.1, 0.15) is 38.2 Å². The van der Waals surface area contributed by atoms with Crippen LogP contribution in [0.3, 0.4) is 0 Å². The van der Waals surface area contributed by atoms with E-state index in [9.17, 15) is 9.59 Å². The molecule has 0 bridgehead atoms. The number of hydrogen-bond donors (Lipinski definition) is 3. The minimum Gasteiger partial charge on any atom is -0.327 e. The van der Waals surface area contributed by atoms with Gasteiger partial charge in [0.25, 0.3) is 5.56 Å². The van der Waals surface area contributed by atoms with Gasteiger partial charge in [-0.25, -0.2) is 4.79 Å². The fourth-order valence-electron chi connectivity index (χ4n) is 2.33. The highest BCUT2D eigenvalue weighted by Gasteiger charge is 2.08. The number of aromatic nitrogens is 1. The Morgan fingerprint density at radius 3 is 2.77 bits per heavy atom. The van der Waals surface area contributed by atoms with Gasteiger partial charge in [-0.3, -0.25) is 4.79 Å². The molecule has 116 valence electrons. The van der Waals surface area contributed by atoms with Crippen molar-refractivity contribution in [1.29, 1.82) is 0 Å². The Morgan fingerprint density at radius 2 is 2.05 bits per heavy atom. The van der Waals surface area contributed by atoms with Crippen LogP contribution in [0.2, 0.25) is 0 Å². The number of urea groups is 1. The lowest BCUT2D eigenvalue weighted by Crippen LogP contribution is -2.24. The van der Waals surface area contributed by atoms with E-state index < -0.39 is 6.03 Å². The van der Waals surface area contributed by atoms with Gasteiger partial charge in [0, 0.05) is 11.9 Å². The number of aromatic amines is 1. The number of nitrogens with one attached hydrogen (secondary N) is 3. The van der Waals surface area contributed by atoms with Crippen molar-refractivity contribution in [3.63, 3.8) is 0 Å². The zero-order valence-electron chi connectivity index (χ0n) is 12.8. The van der Waals surface area contributed by atoms with Crippen molar-refractivity contribution in [3.05, 3.63) is 58.5 Å². The molecule has 0 aliphatic rings. The van der Waals surface area contributed by atoms with E-state index in [4.69, 9.17) is 0 Å². The molecule has 0 spiro atoms. The van der Waals surface area contributed by atoms with Crippen LogP contribution in [0.25, 0.3) is 0 Å². The van der Waals surface area contributed by atoms with E-state index in [0.29, 0.717) is 11.6 Å². The first-order valence-corrected chi connectivity index (χ1v) is 7.46. The second kappa shape index (κ2) is 7.45. The van der Waals surface area contributed by atoms with Gasteiger partial charge in [0.05, 0.1) is 0 Å². The Labute approximate surface area is 129 Å². The maximum atomic E-state index is 12.0. The van der Waals surface area contributed by atoms with E-state index in [1.807, 2.05) is 18.2 Å². The molecule has 5 nitrogen and oxygen atoms in total. The van der Waals surface area contributed by atoms with Gasteiger partial charge in [-0.15, -0.1) is 0 Å². The van der Waals surface area contributed by atoms with Crippen LogP contribution in [0.5, 0.6) is 0 Å². The van der Waals surface area contributed by atoms with Crippen molar-refractivity contribution >= 4 is 17.4 Å². The molecule has 0 aliphatic carbocycles. The first-order valence-electron chi connectivity index (χ1n) is 7.46. The van der Waals surface area contributed by atoms with E-state index in [2.05, 4.69) is 35.5 Å². The average molecular weight is 299 g/mol. The molecule has 0 saturated carbocycles. The summed E-state index contributed by atoms with van der Waals surface area (Å²) in [5.74, 6) is 0.451. The fourth-order valence-corrected chi connectivity index (χ4v) is 2.33. The number of rotatable bonds is 5. The van der Waals surface area contributed by atoms with E-state index in [1.54, 1.807) is 12.1 Å². The Balaban J connectivity index is 2.04. The molecule has 2 aromatic rings. The lowest BCUT2D eigenvalue weighted by atomic mass is 9.96. The standard InChI is InChI=1S/C17H21N3O2/c1-3-6-12(2)13-7-4-8-14(11-13)19-17(22)20-15-9-5-10-18-16(15)21/h4-5,7-12H,3,6H2,1-2H3,(H,18,21)(H2,19,20,22). The lowest BCUT2D eigenvalue weighted by Gasteiger charge is -2.13. The minimum absolute atomic E-state index is 0.218. The minimum atomic E-state index is -0.433. The van der Waals surface area contributed by atoms with Crippen LogP contribution in [0, 0.1) is 0 Å². The number of hydrogen-bond acceptors (Lipinski definition) is 2. The molecular weight excluding hydrogens is 278 g/mol. The van der Waals surface area contributed by atoms with Crippen LogP contribution in [-0.2, 0) is 0 Å². The van der Waals surface area contributed by atoms with E-state index >= 15 is 0 Å². The molecule has 1 atom stereocenters. The van der Waals surface area contributed by atoms with Gasteiger partial charge in [0.2, 0.25) is 0 Å². The summed E-state index contributed by atoms with van der Waals surface area (Å²) >= 11 is 0. The summed E-state index contributed by atoms with van der Waals surface area (Å²) in [4.78, 5) is 26.0. The van der Waals surface area contributed by atoms with E-state index in [-0.39, 0.29) is 11.2 Å². The zero-order chi connectivity index (χ0) is 15.9. The average Bonchev–Trinajstić information content (AvgIpc) is 2.50. The van der Waals surface area contributed by atoms with Gasteiger partial charge in [-0.2, -0.15) is 0 Å². The second-order valence-corrected chi connectivity index (χ2v) is 5.31. The number of anilines is 2. The van der Waals surface area contributed by atoms with Gasteiger partial charge in [0.15, 0.2) is 0 Å². The van der Waals surface area contributed by atoms with Crippen molar-refractivity contribution in [2.75, 3.05) is 10.6 Å². The molecule has 0 saturated heterocycles. The smallest absolute Gasteiger partial charge is 0.323 e. The predicted octanol–water partition coefficient (Wildman–Crippen LogP) is 3.92. The molecule has 1 aromatic heterocycles. The Morgan fingerprint density at radius 1 is 1.23 bits per heavy atom. The summed E-state index contributed by atoms with van der Waals surface area (Å²) in [6.45, 7) is 4.33. The lowest BCUT2D eigenvalue weighted by molar-refractivity contribution is 0.262. The molecule has 5 heteroatoms. The molecule has 3 N–H and O–H groups in total. The second-order valence-electron chi connectivity index (χ2n) is 5.31. The summed E-state index contributed by atoms with van der Waals surface area (Å²) in [6.07, 6.45) is 3.75. The summed E-state index contributed by atoms with van der Waals surface area (Å²) in [5.41, 5.74) is 1.79. The topological polar surface area (TPSA) is 74.0 Å². The number of carbonyl (C=O) groups excluding carboxylic acids is 1. The summed E-state index contributed by atoms with van der Waals surface area (Å²) in [6, 6.07) is 10.6. The van der Waals surface area contributed by atoms with Gasteiger partial charge in [-0.05, 0) is 42.2 Å². The summed E-state index contributed by atoms with van der Waals surface area (Å²) in [7, 11) is 0. The molecule has 2 amide bonds. The molecule has 0 aliphatic heterocycles. The normalized spacial score (nSPS) is 11.7. The summed E-state index contributed by atoms with van der Waals surface area (Å²) < 4.78 is 0. The number of carbonyl (C=O) groups is 1. The molecule has 1 unspecified atom stereocenters. The largest absolute Gasteiger partial charge is 0.327 e. The third-order valence-corrected chi connectivity index (χ3v) is 3.50. The molecular formula is C17H21N3O2. The molecule has 22 heavy (non-hydrogen) atoms. The fraction of sp³-hybridized carbons (Fsp3) is 0.294. The van der Waals surface area contributed by atoms with E-state index in [0.717, 1.165) is 12.8 Å². The van der Waals surface area contributed by atoms with Crippen LogP contribution >= 0.6 is 0 Å². The highest BCUT2D eigenvalue weighted by molar-refractivity contribution is 5.99. The van der Waals surface area contributed by atoms with Crippen LogP contribution in [0.4, 0.5) is 16.2 Å². The Hall–Kier alpha value is -2.56. The zero-order valence-corrected chi connectivity index (χ0v) is 12.8. The SMILES string of the molecule is CCCC(C)c1cccc(NC(=O)Nc2ccc[nH]c2=O)c1. The Kier molecular flexibility index (Phi) is 5.36. The first-order chi connectivity index (χ1) is 10.6. The van der Waals surface area contributed by atoms with Gasteiger partial charge >= 0.3 is 6.03 Å². The number of amides is 2. The monoisotopic (exact) mass is 299 g/mol. The van der Waals surface area contributed by atoms with Crippen molar-refractivity contribution in [1.82, 2.24) is 4.98 Å². The third kappa shape index (κ3) is 4.22. The van der Waals surface area contributed by atoms with Crippen molar-refractivity contribution in [3.8, 4) is 0 Å². The van der Waals surface area contributed by atoms with Crippen LogP contribution in [-0.4, -0.2) is 11.0 Å². The molecule has 1 heterocycles. The summed E-state index contributed by atoms with van der Waals surface area (Å²) in [5, 5.41) is 5.29. The highest BCUT2D eigenvalue weighted by atomic mass is 16.2. The number of benzene rings is 1. The predicted molar refractivity (Wildman–Crippen MR) is 89.5 cm³/mol. The van der Waals surface area contributed by atoms with E-state index in [1.165, 1.54) is 11.8 Å². The quantitative estimate of drug-likeness (QED) is 0.782. The maximum Gasteiger partial charge on any atom is 0.323 e.